The summed E-state index contributed by atoms with van der Waals surface area (Å²) >= 11 is 0. The van der Waals surface area contributed by atoms with Crippen LogP contribution < -0.4 is 5.73 Å². The van der Waals surface area contributed by atoms with Gasteiger partial charge in [-0.2, -0.15) is 5.10 Å². The smallest absolute Gasteiger partial charge is 0.261 e. The number of fused-ring (bicyclic) bond motifs is 1. The number of nitrogens with zero attached hydrogens (tertiary/aromatic N) is 3. The first-order valence-corrected chi connectivity index (χ1v) is 6.10. The van der Waals surface area contributed by atoms with Gasteiger partial charge in [-0.1, -0.05) is 0 Å². The second kappa shape index (κ2) is 4.65. The summed E-state index contributed by atoms with van der Waals surface area (Å²) in [6.07, 6.45) is 2.99. The average molecular weight is 292 g/mol. The standard InChI is InChI=1S/C13H10F2N4O2/c14-10-3-8-9(4-11(10)15)13(21)19(12(8)20)2-1-18-6-7(16)5-17-18/h3-6H,1-2,16H2. The lowest BCUT2D eigenvalue weighted by molar-refractivity contribution is 0.0647. The third kappa shape index (κ3) is 2.14. The third-order valence-electron chi connectivity index (χ3n) is 3.22. The van der Waals surface area contributed by atoms with Gasteiger partial charge in [-0.25, -0.2) is 8.78 Å². The predicted molar refractivity (Wildman–Crippen MR) is 68.4 cm³/mol. The largest absolute Gasteiger partial charge is 0.396 e. The Bertz CT molecular complexity index is 716. The average Bonchev–Trinajstić information content (AvgIpc) is 2.94. The van der Waals surface area contributed by atoms with E-state index in [9.17, 15) is 18.4 Å². The molecule has 21 heavy (non-hydrogen) atoms. The van der Waals surface area contributed by atoms with Crippen molar-refractivity contribution in [1.29, 1.82) is 0 Å². The molecule has 108 valence electrons. The summed E-state index contributed by atoms with van der Waals surface area (Å²) in [5.41, 5.74) is 5.71. The lowest BCUT2D eigenvalue weighted by Crippen LogP contribution is -2.33. The number of imide groups is 1. The van der Waals surface area contributed by atoms with Crippen molar-refractivity contribution in [3.63, 3.8) is 0 Å². The van der Waals surface area contributed by atoms with Gasteiger partial charge in [-0.3, -0.25) is 19.2 Å². The molecule has 0 bridgehead atoms. The molecule has 0 saturated heterocycles. The van der Waals surface area contributed by atoms with Gasteiger partial charge < -0.3 is 5.73 Å². The molecule has 2 aromatic rings. The number of benzene rings is 1. The molecule has 0 saturated carbocycles. The third-order valence-corrected chi connectivity index (χ3v) is 3.22. The topological polar surface area (TPSA) is 81.2 Å². The Kier molecular flexibility index (Phi) is 2.93. The molecule has 1 aliphatic rings. The molecule has 2 amide bonds. The molecule has 2 N–H and O–H groups in total. The highest BCUT2D eigenvalue weighted by molar-refractivity contribution is 6.21. The molecule has 1 aromatic carbocycles. The van der Waals surface area contributed by atoms with Gasteiger partial charge in [0.15, 0.2) is 11.6 Å². The number of halogens is 2. The lowest BCUT2D eigenvalue weighted by Gasteiger charge is -2.13. The number of carbonyl (C=O) groups is 2. The van der Waals surface area contributed by atoms with E-state index in [2.05, 4.69) is 5.10 Å². The molecule has 0 atom stereocenters. The van der Waals surface area contributed by atoms with Gasteiger partial charge in [0.1, 0.15) is 0 Å². The van der Waals surface area contributed by atoms with Crippen LogP contribution in [0.2, 0.25) is 0 Å². The minimum Gasteiger partial charge on any atom is -0.396 e. The Morgan fingerprint density at radius 2 is 1.62 bits per heavy atom. The zero-order valence-electron chi connectivity index (χ0n) is 10.7. The van der Waals surface area contributed by atoms with E-state index < -0.39 is 23.4 Å². The molecule has 0 unspecified atom stereocenters. The van der Waals surface area contributed by atoms with Gasteiger partial charge in [0, 0.05) is 12.7 Å². The van der Waals surface area contributed by atoms with Crippen LogP contribution in [-0.2, 0) is 6.54 Å². The van der Waals surface area contributed by atoms with E-state index in [1.54, 1.807) is 6.20 Å². The van der Waals surface area contributed by atoms with Gasteiger partial charge in [0.2, 0.25) is 0 Å². The van der Waals surface area contributed by atoms with Crippen LogP contribution >= 0.6 is 0 Å². The molecule has 6 nitrogen and oxygen atoms in total. The Balaban J connectivity index is 1.82. The first kappa shape index (κ1) is 13.2. The number of nitrogens with two attached hydrogens (primary N) is 1. The normalized spacial score (nSPS) is 13.9. The van der Waals surface area contributed by atoms with Gasteiger partial charge in [0.05, 0.1) is 29.6 Å². The Hall–Kier alpha value is -2.77. The predicted octanol–water partition coefficient (Wildman–Crippen LogP) is 1.04. The van der Waals surface area contributed by atoms with E-state index in [0.29, 0.717) is 5.69 Å². The van der Waals surface area contributed by atoms with E-state index in [-0.39, 0.29) is 24.2 Å². The summed E-state index contributed by atoms with van der Waals surface area (Å²) in [5, 5.41) is 3.93. The monoisotopic (exact) mass is 292 g/mol. The molecule has 0 spiro atoms. The van der Waals surface area contributed by atoms with Crippen molar-refractivity contribution in [3.05, 3.63) is 47.3 Å². The molecule has 2 heterocycles. The molecule has 1 aliphatic heterocycles. The van der Waals surface area contributed by atoms with E-state index in [0.717, 1.165) is 17.0 Å². The number of rotatable bonds is 3. The highest BCUT2D eigenvalue weighted by Crippen LogP contribution is 2.25. The van der Waals surface area contributed by atoms with Gasteiger partial charge in [-0.05, 0) is 12.1 Å². The van der Waals surface area contributed by atoms with Crippen molar-refractivity contribution in [2.24, 2.45) is 0 Å². The number of anilines is 1. The number of amides is 2. The number of aromatic nitrogens is 2. The maximum absolute atomic E-state index is 13.2. The summed E-state index contributed by atoms with van der Waals surface area (Å²) < 4.78 is 27.8. The Labute approximate surface area is 117 Å². The molecule has 0 fully saturated rings. The second-order valence-corrected chi connectivity index (χ2v) is 4.61. The van der Waals surface area contributed by atoms with Crippen molar-refractivity contribution < 1.29 is 18.4 Å². The summed E-state index contributed by atoms with van der Waals surface area (Å²) in [6, 6.07) is 1.49. The summed E-state index contributed by atoms with van der Waals surface area (Å²) in [6.45, 7) is 0.282. The summed E-state index contributed by atoms with van der Waals surface area (Å²) in [5.74, 6) is -3.60. The van der Waals surface area contributed by atoms with E-state index in [1.807, 2.05) is 0 Å². The lowest BCUT2D eigenvalue weighted by atomic mass is 10.1. The number of hydrogen-bond acceptors (Lipinski definition) is 4. The van der Waals surface area contributed by atoms with Crippen molar-refractivity contribution in [2.75, 3.05) is 12.3 Å². The second-order valence-electron chi connectivity index (χ2n) is 4.61. The molecule has 1 aromatic heterocycles. The van der Waals surface area contributed by atoms with Crippen LogP contribution in [0.5, 0.6) is 0 Å². The van der Waals surface area contributed by atoms with Crippen LogP contribution in [0.15, 0.2) is 24.5 Å². The quantitative estimate of drug-likeness (QED) is 0.857. The van der Waals surface area contributed by atoms with E-state index in [1.165, 1.54) is 10.9 Å². The fraction of sp³-hybridized carbons (Fsp3) is 0.154. The minimum absolute atomic E-state index is 0.0384. The van der Waals surface area contributed by atoms with Crippen molar-refractivity contribution >= 4 is 17.5 Å². The first-order chi connectivity index (χ1) is 9.97. The molecule has 3 rings (SSSR count). The van der Waals surface area contributed by atoms with Crippen LogP contribution in [0.25, 0.3) is 0 Å². The highest BCUT2D eigenvalue weighted by atomic mass is 19.2. The maximum Gasteiger partial charge on any atom is 0.261 e. The van der Waals surface area contributed by atoms with Crippen molar-refractivity contribution in [3.8, 4) is 0 Å². The molecule has 8 heteroatoms. The van der Waals surface area contributed by atoms with Crippen LogP contribution in [0.3, 0.4) is 0 Å². The van der Waals surface area contributed by atoms with Gasteiger partial charge in [0.25, 0.3) is 11.8 Å². The van der Waals surface area contributed by atoms with Crippen molar-refractivity contribution in [1.82, 2.24) is 14.7 Å². The molecule has 0 aliphatic carbocycles. The van der Waals surface area contributed by atoms with E-state index >= 15 is 0 Å². The number of carbonyl (C=O) groups excluding carboxylic acids is 2. The number of nitrogen functional groups attached to an aromatic ring is 1. The minimum atomic E-state index is -1.16. The zero-order chi connectivity index (χ0) is 15.1. The SMILES string of the molecule is Nc1cnn(CCN2C(=O)c3cc(F)c(F)cc3C2=O)c1. The molecule has 0 radical (unpaired) electrons. The summed E-state index contributed by atoms with van der Waals surface area (Å²) in [7, 11) is 0. The zero-order valence-corrected chi connectivity index (χ0v) is 10.7. The van der Waals surface area contributed by atoms with Gasteiger partial charge >= 0.3 is 0 Å². The first-order valence-electron chi connectivity index (χ1n) is 6.10. The summed E-state index contributed by atoms with van der Waals surface area (Å²) in [4.78, 5) is 25.0. The van der Waals surface area contributed by atoms with E-state index in [4.69, 9.17) is 5.73 Å². The Morgan fingerprint density at radius 3 is 2.10 bits per heavy atom. The number of hydrogen-bond donors (Lipinski definition) is 1. The maximum atomic E-state index is 13.2. The van der Waals surface area contributed by atoms with Crippen molar-refractivity contribution in [2.45, 2.75) is 6.54 Å². The molecular formula is C13H10F2N4O2. The van der Waals surface area contributed by atoms with Crippen LogP contribution in [0, 0.1) is 11.6 Å². The fourth-order valence-corrected chi connectivity index (χ4v) is 2.19. The van der Waals surface area contributed by atoms with Gasteiger partial charge in [-0.15, -0.1) is 0 Å². The highest BCUT2D eigenvalue weighted by Gasteiger charge is 2.36. The van der Waals surface area contributed by atoms with Crippen LogP contribution in [0.1, 0.15) is 20.7 Å². The fourth-order valence-electron chi connectivity index (χ4n) is 2.19. The molecular weight excluding hydrogens is 282 g/mol. The van der Waals surface area contributed by atoms with Crippen LogP contribution in [-0.4, -0.2) is 33.0 Å². The van der Waals surface area contributed by atoms with Crippen LogP contribution in [0.4, 0.5) is 14.5 Å². The Morgan fingerprint density at radius 1 is 1.05 bits per heavy atom.